The molecule has 19 heavy (non-hydrogen) atoms. The van der Waals surface area contributed by atoms with Crippen molar-refractivity contribution in [3.05, 3.63) is 41.0 Å². The maximum atomic E-state index is 13.3. The maximum Gasteiger partial charge on any atom is 0.200 e. The standard InChI is InChI=1S/C10H7F5N4/c1-19-4(3-17-18-19)2-16-10-8(14)6(12)5(11)7(13)9(10)15/h3,16H,2H2,1H3. The summed E-state index contributed by atoms with van der Waals surface area (Å²) in [5.41, 5.74) is -0.679. The summed E-state index contributed by atoms with van der Waals surface area (Å²) in [6.45, 7) is -0.193. The van der Waals surface area contributed by atoms with Crippen molar-refractivity contribution < 1.29 is 22.0 Å². The summed E-state index contributed by atoms with van der Waals surface area (Å²) in [4.78, 5) is 0. The van der Waals surface area contributed by atoms with Gasteiger partial charge in [0.25, 0.3) is 0 Å². The number of benzene rings is 1. The van der Waals surface area contributed by atoms with Crippen LogP contribution in [0.15, 0.2) is 6.20 Å². The molecular weight excluding hydrogens is 271 g/mol. The van der Waals surface area contributed by atoms with Gasteiger partial charge in [-0.2, -0.15) is 0 Å². The highest BCUT2D eigenvalue weighted by Gasteiger charge is 2.25. The summed E-state index contributed by atoms with van der Waals surface area (Å²) in [5.74, 6) is -10.0. The first kappa shape index (κ1) is 13.2. The summed E-state index contributed by atoms with van der Waals surface area (Å²) < 4.78 is 66.5. The topological polar surface area (TPSA) is 42.7 Å². The number of nitrogens with one attached hydrogen (secondary N) is 1. The number of rotatable bonds is 3. The van der Waals surface area contributed by atoms with Crippen LogP contribution in [0.25, 0.3) is 0 Å². The highest BCUT2D eigenvalue weighted by molar-refractivity contribution is 5.47. The molecule has 102 valence electrons. The van der Waals surface area contributed by atoms with Crippen LogP contribution in [-0.4, -0.2) is 15.0 Å². The Morgan fingerprint density at radius 1 is 1.00 bits per heavy atom. The van der Waals surface area contributed by atoms with Gasteiger partial charge in [0, 0.05) is 7.05 Å². The molecule has 0 radical (unpaired) electrons. The van der Waals surface area contributed by atoms with Crippen LogP contribution in [0.4, 0.5) is 27.6 Å². The van der Waals surface area contributed by atoms with Crippen molar-refractivity contribution in [1.82, 2.24) is 15.0 Å². The minimum Gasteiger partial charge on any atom is -0.374 e. The molecule has 0 saturated heterocycles. The number of nitrogens with zero attached hydrogens (tertiary/aromatic N) is 3. The van der Waals surface area contributed by atoms with Gasteiger partial charge in [-0.3, -0.25) is 4.68 Å². The number of hydrogen-bond donors (Lipinski definition) is 1. The predicted octanol–water partition coefficient (Wildman–Crippen LogP) is 2.12. The van der Waals surface area contributed by atoms with Crippen molar-refractivity contribution in [3.8, 4) is 0 Å². The Kier molecular flexibility index (Phi) is 3.36. The smallest absolute Gasteiger partial charge is 0.200 e. The molecule has 0 bridgehead atoms. The first-order valence-electron chi connectivity index (χ1n) is 5.02. The predicted molar refractivity (Wildman–Crippen MR) is 54.6 cm³/mol. The lowest BCUT2D eigenvalue weighted by atomic mass is 10.2. The number of halogens is 5. The summed E-state index contributed by atoms with van der Waals surface area (Å²) in [7, 11) is 1.52. The Morgan fingerprint density at radius 3 is 2.00 bits per heavy atom. The van der Waals surface area contributed by atoms with Gasteiger partial charge in [0.2, 0.25) is 5.82 Å². The number of aromatic nitrogens is 3. The van der Waals surface area contributed by atoms with Gasteiger partial charge < -0.3 is 5.32 Å². The molecule has 4 nitrogen and oxygen atoms in total. The Labute approximate surface area is 103 Å². The molecule has 0 saturated carbocycles. The molecule has 0 aliphatic heterocycles. The lowest BCUT2D eigenvalue weighted by molar-refractivity contribution is 0.381. The van der Waals surface area contributed by atoms with Crippen LogP contribution in [0.2, 0.25) is 0 Å². The molecule has 0 aliphatic carbocycles. The van der Waals surface area contributed by atoms with Crippen molar-refractivity contribution in [2.45, 2.75) is 6.54 Å². The van der Waals surface area contributed by atoms with Crippen molar-refractivity contribution >= 4 is 5.69 Å². The minimum absolute atomic E-state index is 0.193. The van der Waals surface area contributed by atoms with Crippen molar-refractivity contribution in [2.75, 3.05) is 5.32 Å². The second-order valence-electron chi connectivity index (χ2n) is 3.65. The molecule has 0 unspecified atom stereocenters. The first-order valence-corrected chi connectivity index (χ1v) is 5.02. The van der Waals surface area contributed by atoms with E-state index in [4.69, 9.17) is 0 Å². The Morgan fingerprint density at radius 2 is 1.53 bits per heavy atom. The van der Waals surface area contributed by atoms with Gasteiger partial charge in [-0.05, 0) is 0 Å². The van der Waals surface area contributed by atoms with E-state index in [0.29, 0.717) is 5.69 Å². The van der Waals surface area contributed by atoms with Gasteiger partial charge in [-0.1, -0.05) is 5.21 Å². The molecule has 1 N–H and O–H groups in total. The zero-order valence-corrected chi connectivity index (χ0v) is 9.52. The van der Waals surface area contributed by atoms with E-state index in [1.54, 1.807) is 0 Å². The normalized spacial score (nSPS) is 10.8. The fourth-order valence-corrected chi connectivity index (χ4v) is 1.41. The molecule has 9 heteroatoms. The first-order chi connectivity index (χ1) is 8.93. The molecule has 1 aromatic carbocycles. The van der Waals surface area contributed by atoms with Crippen LogP contribution in [0.3, 0.4) is 0 Å². The highest BCUT2D eigenvalue weighted by Crippen LogP contribution is 2.27. The summed E-state index contributed by atoms with van der Waals surface area (Å²) in [6, 6.07) is 0. The third kappa shape index (κ3) is 2.23. The van der Waals surface area contributed by atoms with Crippen LogP contribution in [-0.2, 0) is 13.6 Å². The Bertz CT molecular complexity index is 596. The van der Waals surface area contributed by atoms with Crippen molar-refractivity contribution in [1.29, 1.82) is 0 Å². The number of hydrogen-bond acceptors (Lipinski definition) is 3. The van der Waals surface area contributed by atoms with Crippen LogP contribution in [0, 0.1) is 29.1 Å². The Hall–Kier alpha value is -2.19. The third-order valence-corrected chi connectivity index (χ3v) is 2.46. The largest absolute Gasteiger partial charge is 0.374 e. The molecule has 0 fully saturated rings. The van der Waals surface area contributed by atoms with E-state index in [0.717, 1.165) is 0 Å². The van der Waals surface area contributed by atoms with Gasteiger partial charge in [-0.15, -0.1) is 5.10 Å². The molecule has 2 rings (SSSR count). The van der Waals surface area contributed by atoms with E-state index in [1.807, 2.05) is 0 Å². The fraction of sp³-hybridized carbons (Fsp3) is 0.200. The van der Waals surface area contributed by atoms with Gasteiger partial charge in [0.15, 0.2) is 23.3 Å². The SMILES string of the molecule is Cn1nncc1CNc1c(F)c(F)c(F)c(F)c1F. The second-order valence-corrected chi connectivity index (χ2v) is 3.65. The highest BCUT2D eigenvalue weighted by atomic mass is 19.2. The average Bonchev–Trinajstić information content (AvgIpc) is 2.80. The molecule has 0 spiro atoms. The molecule has 2 aromatic rings. The summed E-state index contributed by atoms with van der Waals surface area (Å²) in [6.07, 6.45) is 1.29. The monoisotopic (exact) mass is 278 g/mol. The van der Waals surface area contributed by atoms with Crippen LogP contribution in [0.5, 0.6) is 0 Å². The molecular formula is C10H7F5N4. The molecule has 1 aromatic heterocycles. The second kappa shape index (κ2) is 4.82. The van der Waals surface area contributed by atoms with E-state index in [2.05, 4.69) is 15.6 Å². The van der Waals surface area contributed by atoms with Gasteiger partial charge >= 0.3 is 0 Å². The van der Waals surface area contributed by atoms with E-state index < -0.39 is 34.8 Å². The quantitative estimate of drug-likeness (QED) is 0.531. The molecule has 0 aliphatic rings. The third-order valence-electron chi connectivity index (χ3n) is 2.46. The van der Waals surface area contributed by atoms with Crippen LogP contribution < -0.4 is 5.32 Å². The minimum atomic E-state index is -2.19. The van der Waals surface area contributed by atoms with Gasteiger partial charge in [0.05, 0.1) is 18.4 Å². The number of aryl methyl sites for hydroxylation is 1. The summed E-state index contributed by atoms with van der Waals surface area (Å²) >= 11 is 0. The molecule has 0 atom stereocenters. The van der Waals surface area contributed by atoms with Crippen molar-refractivity contribution in [2.24, 2.45) is 7.05 Å². The van der Waals surface area contributed by atoms with E-state index in [9.17, 15) is 22.0 Å². The van der Waals surface area contributed by atoms with Crippen LogP contribution >= 0.6 is 0 Å². The zero-order valence-electron chi connectivity index (χ0n) is 9.52. The van der Waals surface area contributed by atoms with E-state index in [-0.39, 0.29) is 6.54 Å². The maximum absolute atomic E-state index is 13.3. The number of anilines is 1. The van der Waals surface area contributed by atoms with Crippen molar-refractivity contribution in [3.63, 3.8) is 0 Å². The Balaban J connectivity index is 2.33. The average molecular weight is 278 g/mol. The molecule has 1 heterocycles. The molecule has 0 amide bonds. The van der Waals surface area contributed by atoms with Gasteiger partial charge in [0.1, 0.15) is 5.69 Å². The van der Waals surface area contributed by atoms with E-state index >= 15 is 0 Å². The lowest BCUT2D eigenvalue weighted by Crippen LogP contribution is -2.11. The van der Waals surface area contributed by atoms with E-state index in [1.165, 1.54) is 17.9 Å². The fourth-order valence-electron chi connectivity index (χ4n) is 1.41. The van der Waals surface area contributed by atoms with Gasteiger partial charge in [-0.25, -0.2) is 22.0 Å². The summed E-state index contributed by atoms with van der Waals surface area (Å²) in [5, 5.41) is 9.20. The lowest BCUT2D eigenvalue weighted by Gasteiger charge is -2.10. The zero-order chi connectivity index (χ0) is 14.2. The van der Waals surface area contributed by atoms with Crippen LogP contribution in [0.1, 0.15) is 5.69 Å².